The Hall–Kier alpha value is -1.35. The highest BCUT2D eigenvalue weighted by atomic mass is 16.5. The maximum absolute atomic E-state index is 11.9. The van der Waals surface area contributed by atoms with E-state index >= 15 is 0 Å². The Morgan fingerprint density at radius 2 is 2.11 bits per heavy atom. The van der Waals surface area contributed by atoms with Crippen LogP contribution in [-0.4, -0.2) is 25.6 Å². The van der Waals surface area contributed by atoms with Crippen molar-refractivity contribution in [3.63, 3.8) is 0 Å². The number of hydrogen-bond acceptors (Lipinski definition) is 3. The molecule has 1 unspecified atom stereocenters. The fourth-order valence-corrected chi connectivity index (χ4v) is 2.22. The van der Waals surface area contributed by atoms with Gasteiger partial charge in [-0.3, -0.25) is 4.79 Å². The summed E-state index contributed by atoms with van der Waals surface area (Å²) < 4.78 is 10.6. The zero-order valence-electron chi connectivity index (χ0n) is 10.9. The Kier molecular flexibility index (Phi) is 4.76. The van der Waals surface area contributed by atoms with Gasteiger partial charge in [-0.25, -0.2) is 0 Å². The van der Waals surface area contributed by atoms with Gasteiger partial charge in [-0.1, -0.05) is 12.1 Å². The predicted molar refractivity (Wildman–Crippen MR) is 69.9 cm³/mol. The highest BCUT2D eigenvalue weighted by Gasteiger charge is 2.21. The second-order valence-corrected chi connectivity index (χ2v) is 4.67. The van der Waals surface area contributed by atoms with E-state index in [1.807, 2.05) is 24.3 Å². The van der Waals surface area contributed by atoms with E-state index in [0.717, 1.165) is 38.0 Å². The largest absolute Gasteiger partial charge is 0.497 e. The minimum Gasteiger partial charge on any atom is -0.497 e. The first-order valence-electron chi connectivity index (χ1n) is 6.57. The first-order chi connectivity index (χ1) is 8.79. The van der Waals surface area contributed by atoms with Gasteiger partial charge >= 0.3 is 0 Å². The van der Waals surface area contributed by atoms with Crippen LogP contribution in [0.3, 0.4) is 0 Å². The zero-order valence-corrected chi connectivity index (χ0v) is 10.9. The topological polar surface area (TPSA) is 35.5 Å². The van der Waals surface area contributed by atoms with Gasteiger partial charge in [-0.2, -0.15) is 0 Å². The van der Waals surface area contributed by atoms with Crippen molar-refractivity contribution < 1.29 is 14.3 Å². The number of carbonyl (C=O) groups is 1. The van der Waals surface area contributed by atoms with Crippen molar-refractivity contribution in [2.24, 2.45) is 0 Å². The van der Waals surface area contributed by atoms with Crippen molar-refractivity contribution in [3.8, 4) is 5.75 Å². The Bertz CT molecular complexity index is 377. The molecule has 0 bridgehead atoms. The second-order valence-electron chi connectivity index (χ2n) is 4.67. The van der Waals surface area contributed by atoms with E-state index in [9.17, 15) is 4.79 Å². The molecule has 18 heavy (non-hydrogen) atoms. The molecule has 1 aliphatic rings. The van der Waals surface area contributed by atoms with E-state index in [0.29, 0.717) is 6.42 Å². The van der Waals surface area contributed by atoms with Crippen LogP contribution in [0.4, 0.5) is 0 Å². The second kappa shape index (κ2) is 6.55. The summed E-state index contributed by atoms with van der Waals surface area (Å²) in [5.41, 5.74) is 1.17. The van der Waals surface area contributed by atoms with E-state index < -0.39 is 0 Å². The smallest absolute Gasteiger partial charge is 0.161 e. The molecule has 98 valence electrons. The van der Waals surface area contributed by atoms with Crippen LogP contribution in [0.15, 0.2) is 24.3 Å². The molecular formula is C15H20O3. The highest BCUT2D eigenvalue weighted by molar-refractivity contribution is 5.83. The van der Waals surface area contributed by atoms with Crippen LogP contribution < -0.4 is 4.74 Å². The number of methoxy groups -OCH3 is 1. The van der Waals surface area contributed by atoms with Gasteiger partial charge in [0.2, 0.25) is 0 Å². The summed E-state index contributed by atoms with van der Waals surface area (Å²) in [5.74, 6) is 1.09. The van der Waals surface area contributed by atoms with Gasteiger partial charge in [0.25, 0.3) is 0 Å². The predicted octanol–water partition coefficient (Wildman–Crippen LogP) is 2.77. The molecule has 0 aromatic heterocycles. The molecular weight excluding hydrogens is 228 g/mol. The number of ketones is 1. The van der Waals surface area contributed by atoms with E-state index in [1.165, 1.54) is 5.56 Å². The fourth-order valence-electron chi connectivity index (χ4n) is 2.22. The van der Waals surface area contributed by atoms with Crippen molar-refractivity contribution in [3.05, 3.63) is 29.8 Å². The monoisotopic (exact) mass is 248 g/mol. The minimum absolute atomic E-state index is 0.156. The number of Topliss-reactive ketones (excluding diaryl/α,β-unsaturated/α-hetero) is 1. The number of hydrogen-bond donors (Lipinski definition) is 0. The molecule has 1 aliphatic heterocycles. The Balaban J connectivity index is 1.80. The summed E-state index contributed by atoms with van der Waals surface area (Å²) in [7, 11) is 1.65. The first-order valence-corrected chi connectivity index (χ1v) is 6.57. The molecule has 0 N–H and O–H groups in total. The number of ether oxygens (including phenoxy) is 2. The Morgan fingerprint density at radius 3 is 2.72 bits per heavy atom. The molecule has 1 saturated heterocycles. The van der Waals surface area contributed by atoms with Crippen LogP contribution >= 0.6 is 0 Å². The zero-order chi connectivity index (χ0) is 12.8. The van der Waals surface area contributed by atoms with Crippen molar-refractivity contribution >= 4 is 5.78 Å². The van der Waals surface area contributed by atoms with Gasteiger partial charge in [0.1, 0.15) is 11.9 Å². The van der Waals surface area contributed by atoms with Gasteiger partial charge in [0, 0.05) is 13.0 Å². The summed E-state index contributed by atoms with van der Waals surface area (Å²) in [6.45, 7) is 0.735. The fraction of sp³-hybridized carbons (Fsp3) is 0.533. The van der Waals surface area contributed by atoms with Crippen molar-refractivity contribution in [2.75, 3.05) is 13.7 Å². The van der Waals surface area contributed by atoms with Crippen molar-refractivity contribution in [1.82, 2.24) is 0 Å². The third-order valence-electron chi connectivity index (χ3n) is 3.36. The molecule has 1 heterocycles. The molecule has 0 aliphatic carbocycles. The molecule has 1 aromatic carbocycles. The number of rotatable bonds is 5. The maximum atomic E-state index is 11.9. The summed E-state index contributed by atoms with van der Waals surface area (Å²) in [6.07, 6.45) is 4.28. The molecule has 2 rings (SSSR count). The molecule has 1 atom stereocenters. The normalized spacial score (nSPS) is 19.5. The van der Waals surface area contributed by atoms with E-state index in [2.05, 4.69) is 0 Å². The summed E-state index contributed by atoms with van der Waals surface area (Å²) >= 11 is 0. The average Bonchev–Trinajstić information content (AvgIpc) is 2.46. The van der Waals surface area contributed by atoms with Gasteiger partial charge < -0.3 is 9.47 Å². The van der Waals surface area contributed by atoms with Gasteiger partial charge in [0.15, 0.2) is 5.78 Å². The molecule has 0 amide bonds. The van der Waals surface area contributed by atoms with Gasteiger partial charge in [-0.15, -0.1) is 0 Å². The number of benzene rings is 1. The van der Waals surface area contributed by atoms with Gasteiger partial charge in [0.05, 0.1) is 7.11 Å². The quantitative estimate of drug-likeness (QED) is 0.803. The van der Waals surface area contributed by atoms with Gasteiger partial charge in [-0.05, 0) is 43.4 Å². The molecule has 1 fully saturated rings. The minimum atomic E-state index is -0.156. The summed E-state index contributed by atoms with van der Waals surface area (Å²) in [4.78, 5) is 11.9. The van der Waals surface area contributed by atoms with E-state index in [1.54, 1.807) is 7.11 Å². The summed E-state index contributed by atoms with van der Waals surface area (Å²) in [5, 5.41) is 0. The standard InChI is InChI=1S/C15H20O3/c1-17-13-8-5-12(6-9-13)7-10-14(16)15-4-2-3-11-18-15/h5-6,8-9,15H,2-4,7,10-11H2,1H3. The van der Waals surface area contributed by atoms with Crippen LogP contribution in [0.1, 0.15) is 31.2 Å². The van der Waals surface area contributed by atoms with E-state index in [4.69, 9.17) is 9.47 Å². The van der Waals surface area contributed by atoms with Crippen molar-refractivity contribution in [2.45, 2.75) is 38.2 Å². The molecule has 0 spiro atoms. The Morgan fingerprint density at radius 1 is 1.33 bits per heavy atom. The molecule has 0 radical (unpaired) electrons. The molecule has 0 saturated carbocycles. The molecule has 3 heteroatoms. The Labute approximate surface area is 108 Å². The maximum Gasteiger partial charge on any atom is 0.161 e. The van der Waals surface area contributed by atoms with Crippen LogP contribution in [0.25, 0.3) is 0 Å². The lowest BCUT2D eigenvalue weighted by Crippen LogP contribution is -2.28. The van der Waals surface area contributed by atoms with E-state index in [-0.39, 0.29) is 11.9 Å². The lowest BCUT2D eigenvalue weighted by molar-refractivity contribution is -0.133. The lowest BCUT2D eigenvalue weighted by Gasteiger charge is -2.21. The first kappa shape index (κ1) is 13.1. The van der Waals surface area contributed by atoms with Crippen LogP contribution in [-0.2, 0) is 16.0 Å². The van der Waals surface area contributed by atoms with Crippen molar-refractivity contribution in [1.29, 1.82) is 0 Å². The molecule has 3 nitrogen and oxygen atoms in total. The number of carbonyl (C=O) groups excluding carboxylic acids is 1. The average molecular weight is 248 g/mol. The third-order valence-corrected chi connectivity index (χ3v) is 3.36. The van der Waals surface area contributed by atoms with Crippen LogP contribution in [0.5, 0.6) is 5.75 Å². The number of aryl methyl sites for hydroxylation is 1. The summed E-state index contributed by atoms with van der Waals surface area (Å²) in [6, 6.07) is 7.87. The lowest BCUT2D eigenvalue weighted by atomic mass is 10.00. The van der Waals surface area contributed by atoms with Crippen LogP contribution in [0.2, 0.25) is 0 Å². The van der Waals surface area contributed by atoms with Crippen LogP contribution in [0, 0.1) is 0 Å². The SMILES string of the molecule is COc1ccc(CCC(=O)C2CCCCO2)cc1. The third kappa shape index (κ3) is 3.57. The molecule has 1 aromatic rings. The highest BCUT2D eigenvalue weighted by Crippen LogP contribution is 2.17.